The molecule has 2 amide bonds. The third-order valence-electron chi connectivity index (χ3n) is 6.60. The van der Waals surface area contributed by atoms with E-state index in [2.05, 4.69) is 4.90 Å². The lowest BCUT2D eigenvalue weighted by molar-refractivity contribution is -0.120. The summed E-state index contributed by atoms with van der Waals surface area (Å²) in [6, 6.07) is 15.5. The van der Waals surface area contributed by atoms with Crippen LogP contribution in [0.2, 0.25) is 10.0 Å². The van der Waals surface area contributed by atoms with Crippen LogP contribution in [-0.2, 0) is 4.79 Å². The summed E-state index contributed by atoms with van der Waals surface area (Å²) in [5.41, 5.74) is 1.77. The molecule has 0 aromatic heterocycles. The van der Waals surface area contributed by atoms with Crippen molar-refractivity contribution in [2.24, 2.45) is 0 Å². The van der Waals surface area contributed by atoms with Crippen LogP contribution in [0.1, 0.15) is 48.0 Å². The average molecular weight is 527 g/mol. The van der Waals surface area contributed by atoms with Gasteiger partial charge in [-0.2, -0.15) is 0 Å². The van der Waals surface area contributed by atoms with Gasteiger partial charge in [0.05, 0.1) is 10.0 Å². The van der Waals surface area contributed by atoms with Gasteiger partial charge in [0.15, 0.2) is 0 Å². The van der Waals surface area contributed by atoms with Crippen molar-refractivity contribution in [2.45, 2.75) is 38.1 Å². The molecule has 0 aliphatic carbocycles. The van der Waals surface area contributed by atoms with Gasteiger partial charge in [-0.1, -0.05) is 47.5 Å². The molecule has 0 N–H and O–H groups in total. The average Bonchev–Trinajstić information content (AvgIpc) is 2.85. The number of halogens is 3. The maximum absolute atomic E-state index is 12.9. The number of carbonyl (C=O) groups excluding carboxylic acids is 2. The van der Waals surface area contributed by atoms with Gasteiger partial charge in [0.1, 0.15) is 0 Å². The molecular weight excluding hydrogens is 493 g/mol. The van der Waals surface area contributed by atoms with E-state index in [9.17, 15) is 9.59 Å². The maximum atomic E-state index is 12.9. The molecule has 0 saturated carbocycles. The lowest BCUT2D eigenvalue weighted by Crippen LogP contribution is -2.44. The van der Waals surface area contributed by atoms with E-state index in [0.29, 0.717) is 28.2 Å². The predicted octanol–water partition coefficient (Wildman–Crippen LogP) is 5.60. The molecule has 2 aromatic carbocycles. The van der Waals surface area contributed by atoms with E-state index in [4.69, 9.17) is 23.2 Å². The number of benzene rings is 2. The first-order valence-corrected chi connectivity index (χ1v) is 12.4. The van der Waals surface area contributed by atoms with Crippen LogP contribution in [0.5, 0.6) is 0 Å². The van der Waals surface area contributed by atoms with Crippen LogP contribution in [0.4, 0.5) is 0 Å². The molecule has 34 heavy (non-hydrogen) atoms. The van der Waals surface area contributed by atoms with Gasteiger partial charge in [-0.3, -0.25) is 9.59 Å². The highest BCUT2D eigenvalue weighted by Crippen LogP contribution is 2.29. The molecule has 186 valence electrons. The van der Waals surface area contributed by atoms with Gasteiger partial charge in [-0.05, 0) is 62.6 Å². The molecule has 1 unspecified atom stereocenters. The second-order valence-electron chi connectivity index (χ2n) is 8.72. The van der Waals surface area contributed by atoms with Crippen LogP contribution >= 0.6 is 35.6 Å². The van der Waals surface area contributed by atoms with Gasteiger partial charge in [0.2, 0.25) is 6.41 Å². The summed E-state index contributed by atoms with van der Waals surface area (Å²) in [7, 11) is 1.85. The quantitative estimate of drug-likeness (QED) is 0.378. The molecule has 1 heterocycles. The van der Waals surface area contributed by atoms with Crippen molar-refractivity contribution in [3.05, 3.63) is 69.7 Å². The van der Waals surface area contributed by atoms with E-state index in [1.165, 1.54) is 0 Å². The molecule has 1 fully saturated rings. The zero-order valence-corrected chi connectivity index (χ0v) is 22.2. The molecule has 2 aromatic rings. The fourth-order valence-electron chi connectivity index (χ4n) is 4.58. The Morgan fingerprint density at radius 3 is 2.38 bits per heavy atom. The largest absolute Gasteiger partial charge is 0.342 e. The van der Waals surface area contributed by atoms with Gasteiger partial charge < -0.3 is 14.7 Å². The molecule has 1 atom stereocenters. The summed E-state index contributed by atoms with van der Waals surface area (Å²) >= 11 is 12.5. The predicted molar refractivity (Wildman–Crippen MR) is 142 cm³/mol. The Bertz CT molecular complexity index is 921. The minimum atomic E-state index is 0. The number of hydrogen-bond acceptors (Lipinski definition) is 3. The van der Waals surface area contributed by atoms with Crippen molar-refractivity contribution in [3.8, 4) is 0 Å². The van der Waals surface area contributed by atoms with Crippen molar-refractivity contribution in [2.75, 3.05) is 39.8 Å². The van der Waals surface area contributed by atoms with Crippen LogP contribution < -0.4 is 0 Å². The summed E-state index contributed by atoms with van der Waals surface area (Å²) in [6.45, 7) is 6.25. The van der Waals surface area contributed by atoms with E-state index >= 15 is 0 Å². The highest BCUT2D eigenvalue weighted by Gasteiger charge is 2.25. The van der Waals surface area contributed by atoms with Crippen LogP contribution in [0, 0.1) is 0 Å². The Hall–Kier alpha value is -1.79. The molecule has 1 aliphatic rings. The first kappa shape index (κ1) is 28.4. The summed E-state index contributed by atoms with van der Waals surface area (Å²) in [5.74, 6) is 0.146. The van der Waals surface area contributed by atoms with Gasteiger partial charge in [-0.25, -0.2) is 0 Å². The lowest BCUT2D eigenvalue weighted by atomic mass is 9.94. The minimum absolute atomic E-state index is 0. The maximum Gasteiger partial charge on any atom is 0.253 e. The lowest BCUT2D eigenvalue weighted by Gasteiger charge is -2.37. The molecule has 3 rings (SSSR count). The number of piperidine rings is 1. The van der Waals surface area contributed by atoms with Gasteiger partial charge in [-0.15, -0.1) is 12.4 Å². The first-order valence-electron chi connectivity index (χ1n) is 11.6. The van der Waals surface area contributed by atoms with Gasteiger partial charge in [0, 0.05) is 50.7 Å². The number of likely N-dealkylation sites (tertiary alicyclic amines) is 1. The number of amides is 2. The number of nitrogens with zero attached hydrogens (tertiary/aromatic N) is 3. The third kappa shape index (κ3) is 7.61. The summed E-state index contributed by atoms with van der Waals surface area (Å²) < 4.78 is 0. The number of rotatable bonds is 10. The molecule has 8 heteroatoms. The third-order valence-corrected chi connectivity index (χ3v) is 7.34. The van der Waals surface area contributed by atoms with Crippen molar-refractivity contribution in [1.82, 2.24) is 14.7 Å². The van der Waals surface area contributed by atoms with E-state index in [-0.39, 0.29) is 24.2 Å². The first-order chi connectivity index (χ1) is 15.9. The van der Waals surface area contributed by atoms with E-state index in [1.54, 1.807) is 4.90 Å². The number of carbonyl (C=O) groups is 2. The Balaban J connectivity index is 0.00000408. The Morgan fingerprint density at radius 2 is 1.79 bits per heavy atom. The fraction of sp³-hybridized carbons (Fsp3) is 0.462. The van der Waals surface area contributed by atoms with Gasteiger partial charge >= 0.3 is 0 Å². The van der Waals surface area contributed by atoms with E-state index < -0.39 is 0 Å². The van der Waals surface area contributed by atoms with Crippen LogP contribution in [0.25, 0.3) is 0 Å². The molecular formula is C26H34Cl3N3O2. The Kier molecular flexibility index (Phi) is 11.7. The van der Waals surface area contributed by atoms with E-state index in [0.717, 1.165) is 57.4 Å². The minimum Gasteiger partial charge on any atom is -0.342 e. The SMILES string of the molecule is CCN(C=O)C1CCN(CCC(CN(C)C(=O)c2ccccc2)c2ccc(Cl)c(Cl)c2)CC1.Cl. The topological polar surface area (TPSA) is 43.9 Å². The Morgan fingerprint density at radius 1 is 1.12 bits per heavy atom. The normalized spacial score (nSPS) is 15.3. The van der Waals surface area contributed by atoms with Gasteiger partial charge in [0.25, 0.3) is 5.91 Å². The molecule has 0 spiro atoms. The zero-order valence-electron chi connectivity index (χ0n) is 19.8. The zero-order chi connectivity index (χ0) is 23.8. The standard InChI is InChI=1S/C26H33Cl2N3O2.ClH/c1-3-31(19-32)23-12-15-30(16-13-23)14-11-22(21-9-10-24(27)25(28)17-21)18-29(2)26(33)20-7-5-4-6-8-20;/h4-10,17,19,22-23H,3,11-16,18H2,1-2H3;1H. The van der Waals surface area contributed by atoms with Crippen LogP contribution in [-0.4, -0.2) is 72.8 Å². The summed E-state index contributed by atoms with van der Waals surface area (Å²) in [4.78, 5) is 30.3. The molecule has 1 aliphatic heterocycles. The van der Waals surface area contributed by atoms with E-state index in [1.807, 2.05) is 67.4 Å². The highest BCUT2D eigenvalue weighted by atomic mass is 35.5. The van der Waals surface area contributed by atoms with Crippen molar-refractivity contribution >= 4 is 47.9 Å². The smallest absolute Gasteiger partial charge is 0.253 e. The molecule has 1 saturated heterocycles. The monoisotopic (exact) mass is 525 g/mol. The summed E-state index contributed by atoms with van der Waals surface area (Å²) in [5, 5.41) is 1.07. The molecule has 0 bridgehead atoms. The summed E-state index contributed by atoms with van der Waals surface area (Å²) in [6.07, 6.45) is 3.87. The molecule has 5 nitrogen and oxygen atoms in total. The van der Waals surface area contributed by atoms with Crippen LogP contribution in [0.15, 0.2) is 48.5 Å². The fourth-order valence-corrected chi connectivity index (χ4v) is 4.88. The molecule has 0 radical (unpaired) electrons. The second kappa shape index (κ2) is 13.9. The van der Waals surface area contributed by atoms with Crippen LogP contribution in [0.3, 0.4) is 0 Å². The van der Waals surface area contributed by atoms with Crippen molar-refractivity contribution < 1.29 is 9.59 Å². The van der Waals surface area contributed by atoms with Crippen molar-refractivity contribution in [1.29, 1.82) is 0 Å². The second-order valence-corrected chi connectivity index (χ2v) is 9.53. The Labute approximate surface area is 219 Å². The highest BCUT2D eigenvalue weighted by molar-refractivity contribution is 6.42. The number of likely N-dealkylation sites (N-methyl/N-ethyl adjacent to an activating group) is 1. The number of hydrogen-bond donors (Lipinski definition) is 0. The van der Waals surface area contributed by atoms with Crippen molar-refractivity contribution in [3.63, 3.8) is 0 Å².